The number of benzene rings is 2. The van der Waals surface area contributed by atoms with Gasteiger partial charge in [0, 0.05) is 30.9 Å². The van der Waals surface area contributed by atoms with Gasteiger partial charge in [-0.05, 0) is 49.8 Å². The van der Waals surface area contributed by atoms with Crippen LogP contribution < -0.4 is 38.1 Å². The number of nitrogens with one attached hydrogen (secondary N) is 5. The van der Waals surface area contributed by atoms with Crippen LogP contribution in [0.1, 0.15) is 37.7 Å². The van der Waals surface area contributed by atoms with Crippen molar-refractivity contribution in [2.75, 3.05) is 32.1 Å². The van der Waals surface area contributed by atoms with E-state index in [4.69, 9.17) is 16.2 Å². The van der Waals surface area contributed by atoms with Gasteiger partial charge in [0.2, 0.25) is 17.7 Å². The number of nitrogens with two attached hydrogens (primary N) is 2. The molecule has 18 heteroatoms. The maximum absolute atomic E-state index is 13.0. The van der Waals surface area contributed by atoms with Crippen molar-refractivity contribution in [3.05, 3.63) is 70.3 Å². The summed E-state index contributed by atoms with van der Waals surface area (Å²) in [6, 6.07) is 12.2. The Kier molecular flexibility index (Phi) is 16.7. The number of ether oxygens (including phenoxy) is 2. The number of carbonyl (C=O) groups excluding carboxylic acids is 5. The molecular formula is C30H41N9O9. The number of nitro groups is 1. The van der Waals surface area contributed by atoms with Crippen molar-refractivity contribution >= 4 is 47.2 Å². The van der Waals surface area contributed by atoms with Crippen molar-refractivity contribution in [2.45, 2.75) is 50.8 Å². The number of nitro benzene ring substituents is 1. The largest absolute Gasteiger partial charge is 0.453 e. The van der Waals surface area contributed by atoms with Crippen LogP contribution in [0.25, 0.3) is 0 Å². The average molecular weight is 672 g/mol. The summed E-state index contributed by atoms with van der Waals surface area (Å²) in [5.74, 6) is -2.13. The van der Waals surface area contributed by atoms with Crippen LogP contribution in [0.3, 0.4) is 0 Å². The zero-order valence-corrected chi connectivity index (χ0v) is 26.4. The first-order chi connectivity index (χ1) is 23.0. The highest BCUT2D eigenvalue weighted by molar-refractivity contribution is 5.98. The molecule has 0 saturated heterocycles. The first-order valence-corrected chi connectivity index (χ1v) is 14.9. The van der Waals surface area contributed by atoms with Gasteiger partial charge in [-0.15, -0.1) is 0 Å². The monoisotopic (exact) mass is 671 g/mol. The fourth-order valence-electron chi connectivity index (χ4n) is 4.11. The predicted molar refractivity (Wildman–Crippen MR) is 174 cm³/mol. The van der Waals surface area contributed by atoms with Gasteiger partial charge >= 0.3 is 12.2 Å². The van der Waals surface area contributed by atoms with E-state index in [1.165, 1.54) is 24.3 Å². The second kappa shape index (κ2) is 21.0. The van der Waals surface area contributed by atoms with E-state index in [2.05, 4.69) is 36.3 Å². The van der Waals surface area contributed by atoms with Gasteiger partial charge in [0.1, 0.15) is 18.7 Å². The highest BCUT2D eigenvalue weighted by Crippen LogP contribution is 2.16. The normalized spacial score (nSPS) is 11.5. The molecule has 0 aliphatic heterocycles. The lowest BCUT2D eigenvalue weighted by atomic mass is 10.1. The molecule has 0 radical (unpaired) electrons. The van der Waals surface area contributed by atoms with Crippen molar-refractivity contribution < 1.29 is 38.4 Å². The SMILES string of the molecule is COC(=O)NC(CCCCNC(=O)OCc1ccccc1)C(=O)NCC(=O)NC(CCCN=C(N)N)C(=O)Nc1ccc([N+](=O)[O-])cc1. The maximum atomic E-state index is 13.0. The second-order valence-corrected chi connectivity index (χ2v) is 10.3. The van der Waals surface area contributed by atoms with Gasteiger partial charge in [-0.25, -0.2) is 9.59 Å². The summed E-state index contributed by atoms with van der Waals surface area (Å²) in [7, 11) is 1.14. The minimum Gasteiger partial charge on any atom is -0.453 e. The Bertz CT molecular complexity index is 1400. The minimum atomic E-state index is -1.07. The predicted octanol–water partition coefficient (Wildman–Crippen LogP) is 1.01. The molecule has 9 N–H and O–H groups in total. The van der Waals surface area contributed by atoms with E-state index in [-0.39, 0.29) is 49.9 Å². The lowest BCUT2D eigenvalue weighted by Gasteiger charge is -2.20. The molecule has 2 aromatic carbocycles. The van der Waals surface area contributed by atoms with Crippen LogP contribution in [-0.4, -0.2) is 79.6 Å². The number of amides is 5. The molecule has 2 unspecified atom stereocenters. The molecule has 2 atom stereocenters. The first kappa shape index (κ1) is 38.2. The summed E-state index contributed by atoms with van der Waals surface area (Å²) in [6.45, 7) is 0.0353. The number of rotatable bonds is 19. The van der Waals surface area contributed by atoms with E-state index in [1.54, 1.807) is 0 Å². The number of guanidine groups is 1. The van der Waals surface area contributed by atoms with Crippen LogP contribution in [0.15, 0.2) is 59.6 Å². The van der Waals surface area contributed by atoms with Crippen molar-refractivity contribution in [3.8, 4) is 0 Å². The molecule has 0 aliphatic carbocycles. The molecule has 0 aliphatic rings. The fourth-order valence-corrected chi connectivity index (χ4v) is 4.11. The minimum absolute atomic E-state index is 0.120. The average Bonchev–Trinajstić information content (AvgIpc) is 3.07. The molecular weight excluding hydrogens is 630 g/mol. The number of aliphatic imine (C=N–C) groups is 1. The van der Waals surface area contributed by atoms with Gasteiger partial charge in [0.15, 0.2) is 5.96 Å². The third kappa shape index (κ3) is 15.4. The molecule has 5 amide bonds. The van der Waals surface area contributed by atoms with Crippen LogP contribution in [-0.2, 0) is 30.5 Å². The standard InChI is InChI=1S/C30H41N9O9/c1-47-30(44)38-23(10-5-6-16-34-29(43)48-19-20-8-3-2-4-9-20)26(41)35-18-25(40)37-24(11-7-17-33-28(31)32)27(42)36-21-12-14-22(15-13-21)39(45)46/h2-4,8-9,12-15,23-24H,5-7,10-11,16-19H2,1H3,(H,34,43)(H,35,41)(H,36,42)(H,37,40)(H,38,44)(H4,31,32,33). The van der Waals surface area contributed by atoms with Gasteiger partial charge in [-0.2, -0.15) is 0 Å². The molecule has 18 nitrogen and oxygen atoms in total. The van der Waals surface area contributed by atoms with Gasteiger partial charge in [0.25, 0.3) is 5.69 Å². The number of anilines is 1. The summed E-state index contributed by atoms with van der Waals surface area (Å²) < 4.78 is 9.75. The molecule has 0 aromatic heterocycles. The quantitative estimate of drug-likeness (QED) is 0.0364. The Hall–Kier alpha value is -5.94. The molecule has 0 spiro atoms. The Balaban J connectivity index is 1.88. The number of alkyl carbamates (subject to hydrolysis) is 2. The van der Waals surface area contributed by atoms with Gasteiger partial charge in [-0.1, -0.05) is 30.3 Å². The van der Waals surface area contributed by atoms with Gasteiger partial charge in [-0.3, -0.25) is 29.5 Å². The summed E-state index contributed by atoms with van der Waals surface area (Å²) >= 11 is 0. The first-order valence-electron chi connectivity index (χ1n) is 14.9. The lowest BCUT2D eigenvalue weighted by molar-refractivity contribution is -0.384. The van der Waals surface area contributed by atoms with E-state index >= 15 is 0 Å². The van der Waals surface area contributed by atoms with E-state index < -0.39 is 53.5 Å². The number of hydrogen-bond acceptors (Lipinski definition) is 10. The number of non-ortho nitro benzene ring substituents is 1. The Labute approximate surface area is 276 Å². The van der Waals surface area contributed by atoms with Crippen LogP contribution in [0.2, 0.25) is 0 Å². The number of methoxy groups -OCH3 is 1. The molecule has 0 fully saturated rings. The molecule has 0 heterocycles. The maximum Gasteiger partial charge on any atom is 0.407 e. The molecule has 2 aromatic rings. The number of unbranched alkanes of at least 4 members (excludes halogenated alkanes) is 1. The Morgan fingerprint density at radius 1 is 0.854 bits per heavy atom. The second-order valence-electron chi connectivity index (χ2n) is 10.3. The zero-order valence-electron chi connectivity index (χ0n) is 26.4. The number of nitrogens with zero attached hydrogens (tertiary/aromatic N) is 2. The lowest BCUT2D eigenvalue weighted by Crippen LogP contribution is -2.51. The third-order valence-corrected chi connectivity index (χ3v) is 6.56. The van der Waals surface area contributed by atoms with Crippen LogP contribution in [0.5, 0.6) is 0 Å². The van der Waals surface area contributed by atoms with Crippen LogP contribution in [0.4, 0.5) is 21.0 Å². The van der Waals surface area contributed by atoms with Crippen molar-refractivity contribution in [1.29, 1.82) is 0 Å². The molecule has 0 saturated carbocycles. The summed E-state index contributed by atoms with van der Waals surface area (Å²) in [5.41, 5.74) is 11.6. The van der Waals surface area contributed by atoms with E-state index in [0.717, 1.165) is 12.7 Å². The van der Waals surface area contributed by atoms with Crippen molar-refractivity contribution in [1.82, 2.24) is 21.3 Å². The smallest absolute Gasteiger partial charge is 0.407 e. The molecule has 260 valence electrons. The summed E-state index contributed by atoms with van der Waals surface area (Å²) in [6.07, 6.45) is 0.0126. The van der Waals surface area contributed by atoms with Gasteiger partial charge < -0.3 is 47.5 Å². The van der Waals surface area contributed by atoms with Gasteiger partial charge in [0.05, 0.1) is 18.6 Å². The number of hydrogen-bond donors (Lipinski definition) is 7. The highest BCUT2D eigenvalue weighted by Gasteiger charge is 2.24. The summed E-state index contributed by atoms with van der Waals surface area (Å²) in [5, 5.41) is 23.5. The third-order valence-electron chi connectivity index (χ3n) is 6.56. The van der Waals surface area contributed by atoms with Crippen LogP contribution in [0, 0.1) is 10.1 Å². The molecule has 0 bridgehead atoms. The Morgan fingerprint density at radius 3 is 2.17 bits per heavy atom. The topological polar surface area (TPSA) is 272 Å². The molecule has 2 rings (SSSR count). The van der Waals surface area contributed by atoms with E-state index in [0.29, 0.717) is 19.3 Å². The molecule has 48 heavy (non-hydrogen) atoms. The van der Waals surface area contributed by atoms with E-state index in [1.807, 2.05) is 30.3 Å². The van der Waals surface area contributed by atoms with Crippen molar-refractivity contribution in [2.24, 2.45) is 16.5 Å². The fraction of sp³-hybridized carbons (Fsp3) is 0.400. The highest BCUT2D eigenvalue weighted by atomic mass is 16.6. The zero-order chi connectivity index (χ0) is 35.3. The Morgan fingerprint density at radius 2 is 1.52 bits per heavy atom. The van der Waals surface area contributed by atoms with Crippen LogP contribution >= 0.6 is 0 Å². The number of carbonyl (C=O) groups is 5. The summed E-state index contributed by atoms with van der Waals surface area (Å²) in [4.78, 5) is 76.6. The van der Waals surface area contributed by atoms with E-state index in [9.17, 15) is 34.1 Å². The van der Waals surface area contributed by atoms with Crippen molar-refractivity contribution in [3.63, 3.8) is 0 Å².